The third-order valence-corrected chi connectivity index (χ3v) is 5.15. The molecule has 1 unspecified atom stereocenters. The number of nitrogens with zero attached hydrogens (tertiary/aromatic N) is 3. The van der Waals surface area contributed by atoms with Crippen LogP contribution in [0.4, 0.5) is 4.79 Å². The molecule has 25 heavy (non-hydrogen) atoms. The number of urea groups is 1. The summed E-state index contributed by atoms with van der Waals surface area (Å²) in [4.78, 5) is 29.9. The highest BCUT2D eigenvalue weighted by Gasteiger charge is 2.25. The Hall–Kier alpha value is -2.08. The molecule has 0 saturated carbocycles. The summed E-state index contributed by atoms with van der Waals surface area (Å²) in [7, 11) is 3.51. The monoisotopic (exact) mass is 344 g/mol. The van der Waals surface area contributed by atoms with E-state index in [4.69, 9.17) is 0 Å². The summed E-state index contributed by atoms with van der Waals surface area (Å²) in [6.45, 7) is 4.49. The molecule has 0 bridgehead atoms. The average Bonchev–Trinajstić information content (AvgIpc) is 2.67. The van der Waals surface area contributed by atoms with E-state index in [1.807, 2.05) is 17.0 Å². The van der Waals surface area contributed by atoms with Crippen LogP contribution >= 0.6 is 0 Å². The van der Waals surface area contributed by atoms with Gasteiger partial charge in [-0.3, -0.25) is 4.79 Å². The Balaban J connectivity index is 1.57. The molecule has 1 N–H and O–H groups in total. The Morgan fingerprint density at radius 2 is 1.68 bits per heavy atom. The third-order valence-electron chi connectivity index (χ3n) is 5.15. The molecule has 2 fully saturated rings. The molecule has 3 amide bonds. The number of carbonyl (C=O) groups excluding carboxylic acids is 2. The van der Waals surface area contributed by atoms with E-state index < -0.39 is 0 Å². The van der Waals surface area contributed by atoms with Crippen LogP contribution in [0.3, 0.4) is 0 Å². The number of carbonyl (C=O) groups is 2. The highest BCUT2D eigenvalue weighted by atomic mass is 16.2. The third kappa shape index (κ3) is 4.12. The molecule has 0 aliphatic carbocycles. The molecule has 1 atom stereocenters. The van der Waals surface area contributed by atoms with E-state index in [1.54, 1.807) is 23.9 Å². The van der Waals surface area contributed by atoms with Crippen molar-refractivity contribution in [1.29, 1.82) is 0 Å². The lowest BCUT2D eigenvalue weighted by molar-refractivity contribution is 0.0650. The number of nitrogens with one attached hydrogen (secondary N) is 1. The molecule has 1 aromatic carbocycles. The number of piperidine rings is 1. The summed E-state index contributed by atoms with van der Waals surface area (Å²) in [5.41, 5.74) is 2.05. The van der Waals surface area contributed by atoms with Crippen LogP contribution in [0, 0.1) is 0 Å². The second-order valence-corrected chi connectivity index (χ2v) is 7.12. The smallest absolute Gasteiger partial charge is 0.319 e. The molecule has 1 aromatic rings. The molecule has 3 rings (SSSR count). The normalized spacial score (nSPS) is 21.1. The van der Waals surface area contributed by atoms with Crippen LogP contribution in [0.5, 0.6) is 0 Å². The lowest BCUT2D eigenvalue weighted by Gasteiger charge is -2.36. The molecule has 6 heteroatoms. The van der Waals surface area contributed by atoms with E-state index >= 15 is 0 Å². The fraction of sp³-hybridized carbons (Fsp3) is 0.579. The minimum absolute atomic E-state index is 0.0116. The first-order valence-electron chi connectivity index (χ1n) is 9.12. The number of hydrogen-bond acceptors (Lipinski definition) is 3. The lowest BCUT2D eigenvalue weighted by atomic mass is 9.91. The zero-order chi connectivity index (χ0) is 17.8. The van der Waals surface area contributed by atoms with Crippen molar-refractivity contribution in [3.63, 3.8) is 0 Å². The van der Waals surface area contributed by atoms with Gasteiger partial charge in [0.15, 0.2) is 0 Å². The maximum absolute atomic E-state index is 12.7. The second kappa shape index (κ2) is 7.87. The molecule has 2 aliphatic rings. The Kier molecular flexibility index (Phi) is 5.58. The van der Waals surface area contributed by atoms with Crippen molar-refractivity contribution in [2.45, 2.75) is 18.8 Å². The van der Waals surface area contributed by atoms with E-state index in [0.717, 1.165) is 18.7 Å². The van der Waals surface area contributed by atoms with E-state index in [9.17, 15) is 9.59 Å². The van der Waals surface area contributed by atoms with Crippen molar-refractivity contribution in [2.75, 3.05) is 53.4 Å². The van der Waals surface area contributed by atoms with Gasteiger partial charge in [-0.15, -0.1) is 0 Å². The van der Waals surface area contributed by atoms with Gasteiger partial charge in [-0.05, 0) is 43.0 Å². The van der Waals surface area contributed by atoms with Gasteiger partial charge in [0.1, 0.15) is 0 Å². The average molecular weight is 344 g/mol. The van der Waals surface area contributed by atoms with Gasteiger partial charge in [-0.25, -0.2) is 4.79 Å². The van der Waals surface area contributed by atoms with Crippen LogP contribution in [0.25, 0.3) is 0 Å². The Morgan fingerprint density at radius 1 is 1.04 bits per heavy atom. The molecule has 2 aliphatic heterocycles. The molecule has 2 saturated heterocycles. The zero-order valence-corrected chi connectivity index (χ0v) is 15.2. The van der Waals surface area contributed by atoms with Crippen molar-refractivity contribution in [3.8, 4) is 0 Å². The maximum atomic E-state index is 12.7. The predicted molar refractivity (Wildman–Crippen MR) is 97.8 cm³/mol. The maximum Gasteiger partial charge on any atom is 0.319 e. The molecule has 0 radical (unpaired) electrons. The summed E-state index contributed by atoms with van der Waals surface area (Å²) in [6.07, 6.45) is 2.42. The zero-order valence-electron chi connectivity index (χ0n) is 15.2. The van der Waals surface area contributed by atoms with Gasteiger partial charge in [0.05, 0.1) is 0 Å². The number of piperazine rings is 1. The summed E-state index contributed by atoms with van der Waals surface area (Å²) in [5.74, 6) is 0.615. The van der Waals surface area contributed by atoms with Crippen molar-refractivity contribution >= 4 is 11.9 Å². The molecule has 0 spiro atoms. The standard InChI is InChI=1S/C19H28N4O2/c1-21(2)19(25)23-12-10-22(11-13-23)18(24)16-7-5-15(6-8-16)17-4-3-9-20-14-17/h5-8,17,20H,3-4,9-14H2,1-2H3. The molecular weight excluding hydrogens is 316 g/mol. The number of rotatable bonds is 2. The van der Waals surface area contributed by atoms with Crippen molar-refractivity contribution in [1.82, 2.24) is 20.0 Å². The Morgan fingerprint density at radius 3 is 2.24 bits per heavy atom. The highest BCUT2D eigenvalue weighted by molar-refractivity contribution is 5.94. The first-order valence-corrected chi connectivity index (χ1v) is 9.12. The van der Waals surface area contributed by atoms with Crippen molar-refractivity contribution in [2.24, 2.45) is 0 Å². The van der Waals surface area contributed by atoms with Crippen molar-refractivity contribution in [3.05, 3.63) is 35.4 Å². The fourth-order valence-corrected chi connectivity index (χ4v) is 3.60. The number of hydrogen-bond donors (Lipinski definition) is 1. The largest absolute Gasteiger partial charge is 0.335 e. The van der Waals surface area contributed by atoms with Crippen LogP contribution in [0.1, 0.15) is 34.7 Å². The SMILES string of the molecule is CN(C)C(=O)N1CCN(C(=O)c2ccc(C3CCCNC3)cc2)CC1. The first-order chi connectivity index (χ1) is 12.1. The quantitative estimate of drug-likeness (QED) is 0.886. The van der Waals surface area contributed by atoms with Gasteiger partial charge < -0.3 is 20.0 Å². The van der Waals surface area contributed by atoms with Crippen LogP contribution in [-0.2, 0) is 0 Å². The fourth-order valence-electron chi connectivity index (χ4n) is 3.60. The Bertz CT molecular complexity index is 600. The minimum Gasteiger partial charge on any atom is -0.335 e. The van der Waals surface area contributed by atoms with Gasteiger partial charge in [0, 0.05) is 52.4 Å². The van der Waals surface area contributed by atoms with E-state index in [1.165, 1.54) is 18.4 Å². The van der Waals surface area contributed by atoms with Crippen LogP contribution < -0.4 is 5.32 Å². The van der Waals surface area contributed by atoms with Gasteiger partial charge in [-0.1, -0.05) is 12.1 Å². The lowest BCUT2D eigenvalue weighted by Crippen LogP contribution is -2.52. The second-order valence-electron chi connectivity index (χ2n) is 7.12. The molecule has 136 valence electrons. The van der Waals surface area contributed by atoms with E-state index in [2.05, 4.69) is 17.4 Å². The van der Waals surface area contributed by atoms with E-state index in [0.29, 0.717) is 32.1 Å². The first kappa shape index (κ1) is 17.7. The molecule has 0 aromatic heterocycles. The summed E-state index contributed by atoms with van der Waals surface area (Å²) >= 11 is 0. The predicted octanol–water partition coefficient (Wildman–Crippen LogP) is 1.59. The summed E-state index contributed by atoms with van der Waals surface area (Å²) in [6, 6.07) is 8.10. The van der Waals surface area contributed by atoms with Gasteiger partial charge >= 0.3 is 6.03 Å². The Labute approximate surface area is 149 Å². The number of benzene rings is 1. The molecule has 2 heterocycles. The van der Waals surface area contributed by atoms with Gasteiger partial charge in [0.2, 0.25) is 0 Å². The minimum atomic E-state index is 0.0116. The summed E-state index contributed by atoms with van der Waals surface area (Å²) < 4.78 is 0. The van der Waals surface area contributed by atoms with Crippen LogP contribution in [0.2, 0.25) is 0 Å². The highest BCUT2D eigenvalue weighted by Crippen LogP contribution is 2.23. The molecular formula is C19H28N4O2. The van der Waals surface area contributed by atoms with Gasteiger partial charge in [0.25, 0.3) is 5.91 Å². The van der Waals surface area contributed by atoms with Gasteiger partial charge in [-0.2, -0.15) is 0 Å². The van der Waals surface area contributed by atoms with Crippen LogP contribution in [0.15, 0.2) is 24.3 Å². The number of amides is 3. The van der Waals surface area contributed by atoms with Crippen LogP contribution in [-0.4, -0.2) is 80.0 Å². The van der Waals surface area contributed by atoms with Crippen molar-refractivity contribution < 1.29 is 9.59 Å². The molecule has 6 nitrogen and oxygen atoms in total. The van der Waals surface area contributed by atoms with E-state index in [-0.39, 0.29) is 11.9 Å². The summed E-state index contributed by atoms with van der Waals surface area (Å²) in [5, 5.41) is 3.43. The topological polar surface area (TPSA) is 55.9 Å².